The van der Waals surface area contributed by atoms with E-state index in [-0.39, 0.29) is 24.5 Å². The molecule has 0 aromatic heterocycles. The molecule has 0 aromatic rings. The minimum atomic E-state index is -0.104. The van der Waals surface area contributed by atoms with E-state index in [0.717, 1.165) is 25.7 Å². The zero-order chi connectivity index (χ0) is 12.0. The summed E-state index contributed by atoms with van der Waals surface area (Å²) < 4.78 is 0. The fourth-order valence-electron chi connectivity index (χ4n) is 2.42. The third kappa shape index (κ3) is 3.46. The van der Waals surface area contributed by atoms with E-state index in [1.165, 1.54) is 6.42 Å². The molecule has 1 rings (SSSR count). The Morgan fingerprint density at radius 3 is 2.75 bits per heavy atom. The maximum absolute atomic E-state index is 12.0. The van der Waals surface area contributed by atoms with Crippen molar-refractivity contribution in [2.75, 3.05) is 13.2 Å². The van der Waals surface area contributed by atoms with Crippen molar-refractivity contribution >= 4 is 5.91 Å². The van der Waals surface area contributed by atoms with Crippen LogP contribution in [0.4, 0.5) is 0 Å². The average Bonchev–Trinajstić information content (AvgIpc) is 2.35. The summed E-state index contributed by atoms with van der Waals surface area (Å²) in [6.07, 6.45) is 5.07. The van der Waals surface area contributed by atoms with Gasteiger partial charge in [0.05, 0.1) is 12.6 Å². The van der Waals surface area contributed by atoms with Gasteiger partial charge in [-0.25, -0.2) is 0 Å². The molecule has 0 bridgehead atoms. The Labute approximate surface area is 97.6 Å². The molecule has 0 aliphatic heterocycles. The largest absolute Gasteiger partial charge is 0.394 e. The maximum Gasteiger partial charge on any atom is 0.223 e. The average molecular weight is 228 g/mol. The van der Waals surface area contributed by atoms with E-state index in [1.54, 1.807) is 0 Å². The van der Waals surface area contributed by atoms with Gasteiger partial charge < -0.3 is 16.2 Å². The first-order chi connectivity index (χ1) is 7.72. The Hall–Kier alpha value is -0.610. The first kappa shape index (κ1) is 13.5. The third-order valence-electron chi connectivity index (χ3n) is 3.61. The number of hydrogen-bond acceptors (Lipinski definition) is 3. The van der Waals surface area contributed by atoms with Gasteiger partial charge in [-0.15, -0.1) is 0 Å². The number of carbonyl (C=O) groups excluding carboxylic acids is 1. The summed E-state index contributed by atoms with van der Waals surface area (Å²) >= 11 is 0. The Balaban J connectivity index is 2.50. The van der Waals surface area contributed by atoms with Crippen molar-refractivity contribution in [2.24, 2.45) is 17.6 Å². The normalized spacial score (nSPS) is 27.4. The lowest BCUT2D eigenvalue weighted by Gasteiger charge is -2.30. The molecule has 16 heavy (non-hydrogen) atoms. The molecule has 4 heteroatoms. The van der Waals surface area contributed by atoms with Crippen molar-refractivity contribution < 1.29 is 9.90 Å². The Morgan fingerprint density at radius 2 is 2.19 bits per heavy atom. The lowest BCUT2D eigenvalue weighted by Crippen LogP contribution is -2.44. The number of hydrogen-bond donors (Lipinski definition) is 3. The monoisotopic (exact) mass is 228 g/mol. The second-order valence-electron chi connectivity index (χ2n) is 4.68. The summed E-state index contributed by atoms with van der Waals surface area (Å²) in [5.41, 5.74) is 5.70. The smallest absolute Gasteiger partial charge is 0.223 e. The number of amides is 1. The molecule has 0 heterocycles. The second-order valence-corrected chi connectivity index (χ2v) is 4.68. The van der Waals surface area contributed by atoms with Crippen LogP contribution in [0, 0.1) is 11.8 Å². The standard InChI is InChI=1S/C12H24N2O2/c1-2-10(8-15)14-12(16)11-6-4-3-5-9(11)7-13/h9-11,15H,2-8,13H2,1H3,(H,14,16)/t9?,10-,11?/m1/s1. The Morgan fingerprint density at radius 1 is 1.50 bits per heavy atom. The fraction of sp³-hybridized carbons (Fsp3) is 0.917. The molecule has 3 atom stereocenters. The van der Waals surface area contributed by atoms with Gasteiger partial charge >= 0.3 is 0 Å². The van der Waals surface area contributed by atoms with Gasteiger partial charge in [0.25, 0.3) is 0 Å². The second kappa shape index (κ2) is 6.86. The molecular weight excluding hydrogens is 204 g/mol. The van der Waals surface area contributed by atoms with Crippen LogP contribution >= 0.6 is 0 Å². The van der Waals surface area contributed by atoms with E-state index in [9.17, 15) is 4.79 Å². The van der Waals surface area contributed by atoms with Gasteiger partial charge in [0.2, 0.25) is 5.91 Å². The number of rotatable bonds is 5. The highest BCUT2D eigenvalue weighted by Gasteiger charge is 2.30. The summed E-state index contributed by atoms with van der Waals surface area (Å²) in [7, 11) is 0. The van der Waals surface area contributed by atoms with Gasteiger partial charge in [-0.05, 0) is 31.7 Å². The van der Waals surface area contributed by atoms with Gasteiger partial charge in [0.15, 0.2) is 0 Å². The van der Waals surface area contributed by atoms with Crippen LogP contribution < -0.4 is 11.1 Å². The van der Waals surface area contributed by atoms with Gasteiger partial charge in [-0.2, -0.15) is 0 Å². The topological polar surface area (TPSA) is 75.3 Å². The first-order valence-corrected chi connectivity index (χ1v) is 6.34. The molecule has 2 unspecified atom stereocenters. The first-order valence-electron chi connectivity index (χ1n) is 6.34. The van der Waals surface area contributed by atoms with E-state index < -0.39 is 0 Å². The predicted molar refractivity (Wildman–Crippen MR) is 63.8 cm³/mol. The molecule has 1 amide bonds. The van der Waals surface area contributed by atoms with E-state index >= 15 is 0 Å². The third-order valence-corrected chi connectivity index (χ3v) is 3.61. The quantitative estimate of drug-likeness (QED) is 0.646. The van der Waals surface area contributed by atoms with Crippen molar-refractivity contribution in [3.63, 3.8) is 0 Å². The molecule has 0 radical (unpaired) electrons. The van der Waals surface area contributed by atoms with Crippen molar-refractivity contribution in [1.29, 1.82) is 0 Å². The van der Waals surface area contributed by atoms with Gasteiger partial charge in [0.1, 0.15) is 0 Å². The molecule has 0 aromatic carbocycles. The van der Waals surface area contributed by atoms with Crippen LogP contribution in [0.5, 0.6) is 0 Å². The molecule has 1 saturated carbocycles. The summed E-state index contributed by atoms with van der Waals surface area (Å²) in [6, 6.07) is -0.104. The van der Waals surface area contributed by atoms with Crippen molar-refractivity contribution in [3.05, 3.63) is 0 Å². The number of nitrogens with one attached hydrogen (secondary N) is 1. The number of nitrogens with two attached hydrogens (primary N) is 1. The van der Waals surface area contributed by atoms with E-state index in [0.29, 0.717) is 12.5 Å². The Bertz CT molecular complexity index is 217. The lowest BCUT2D eigenvalue weighted by molar-refractivity contribution is -0.128. The summed E-state index contributed by atoms with van der Waals surface area (Å²) in [5, 5.41) is 12.0. The maximum atomic E-state index is 12.0. The Kier molecular flexibility index (Phi) is 5.77. The van der Waals surface area contributed by atoms with E-state index in [4.69, 9.17) is 10.8 Å². The molecule has 1 aliphatic rings. The minimum absolute atomic E-state index is 0.0161. The van der Waals surface area contributed by atoms with E-state index in [1.807, 2.05) is 6.92 Å². The number of aliphatic hydroxyl groups excluding tert-OH is 1. The SMILES string of the molecule is CC[C@H](CO)NC(=O)C1CCCCC1CN. The molecule has 4 N–H and O–H groups in total. The zero-order valence-electron chi connectivity index (χ0n) is 10.1. The van der Waals surface area contributed by atoms with Crippen molar-refractivity contribution in [3.8, 4) is 0 Å². The van der Waals surface area contributed by atoms with Crippen LogP contribution in [0.3, 0.4) is 0 Å². The van der Waals surface area contributed by atoms with Crippen LogP contribution in [0.2, 0.25) is 0 Å². The minimum Gasteiger partial charge on any atom is -0.394 e. The molecule has 0 saturated heterocycles. The van der Waals surface area contributed by atoms with Crippen LogP contribution in [0.15, 0.2) is 0 Å². The van der Waals surface area contributed by atoms with Gasteiger partial charge in [-0.1, -0.05) is 19.8 Å². The zero-order valence-corrected chi connectivity index (χ0v) is 10.1. The van der Waals surface area contributed by atoms with Crippen LogP contribution in [-0.2, 0) is 4.79 Å². The van der Waals surface area contributed by atoms with Gasteiger partial charge in [-0.3, -0.25) is 4.79 Å². The number of aliphatic hydroxyl groups is 1. The highest BCUT2D eigenvalue weighted by Crippen LogP contribution is 2.29. The fourth-order valence-corrected chi connectivity index (χ4v) is 2.42. The summed E-state index contributed by atoms with van der Waals surface area (Å²) in [4.78, 5) is 12.0. The predicted octanol–water partition coefficient (Wildman–Crippen LogP) is 0.639. The molecule has 4 nitrogen and oxygen atoms in total. The van der Waals surface area contributed by atoms with Crippen molar-refractivity contribution in [2.45, 2.75) is 45.1 Å². The van der Waals surface area contributed by atoms with Crippen LogP contribution in [0.1, 0.15) is 39.0 Å². The van der Waals surface area contributed by atoms with Crippen LogP contribution in [-0.4, -0.2) is 30.2 Å². The molecule has 94 valence electrons. The van der Waals surface area contributed by atoms with Crippen LogP contribution in [0.25, 0.3) is 0 Å². The summed E-state index contributed by atoms with van der Waals surface area (Å²) in [6.45, 7) is 2.57. The van der Waals surface area contributed by atoms with Crippen molar-refractivity contribution in [1.82, 2.24) is 5.32 Å². The van der Waals surface area contributed by atoms with Gasteiger partial charge in [0, 0.05) is 5.92 Å². The molecule has 0 spiro atoms. The molecular formula is C12H24N2O2. The lowest BCUT2D eigenvalue weighted by atomic mass is 9.78. The highest BCUT2D eigenvalue weighted by atomic mass is 16.3. The highest BCUT2D eigenvalue weighted by molar-refractivity contribution is 5.79. The van der Waals surface area contributed by atoms with E-state index in [2.05, 4.69) is 5.32 Å². The number of carbonyl (C=O) groups is 1. The summed E-state index contributed by atoms with van der Waals surface area (Å²) in [5.74, 6) is 0.459. The molecule has 1 fully saturated rings. The molecule has 1 aliphatic carbocycles.